The molecule has 1 aliphatic heterocycles. The predicted molar refractivity (Wildman–Crippen MR) is 72.1 cm³/mol. The van der Waals surface area contributed by atoms with E-state index in [-0.39, 0.29) is 29.8 Å². The summed E-state index contributed by atoms with van der Waals surface area (Å²) in [5, 5.41) is 11.3. The average molecular weight is 323 g/mol. The van der Waals surface area contributed by atoms with Gasteiger partial charge in [0.2, 0.25) is 5.91 Å². The third-order valence-corrected chi connectivity index (χ3v) is 3.56. The van der Waals surface area contributed by atoms with Crippen molar-refractivity contribution in [2.24, 2.45) is 5.92 Å². The largest absolute Gasteiger partial charge is 0.416 e. The van der Waals surface area contributed by atoms with Gasteiger partial charge in [0.15, 0.2) is 0 Å². The van der Waals surface area contributed by atoms with Gasteiger partial charge in [-0.1, -0.05) is 11.6 Å². The van der Waals surface area contributed by atoms with Crippen molar-refractivity contribution in [1.82, 2.24) is 4.90 Å². The summed E-state index contributed by atoms with van der Waals surface area (Å²) in [6.45, 7) is 1.32. The van der Waals surface area contributed by atoms with Crippen LogP contribution in [0.1, 0.15) is 5.56 Å². The number of rotatable bonds is 4. The van der Waals surface area contributed by atoms with Gasteiger partial charge >= 0.3 is 6.18 Å². The first-order chi connectivity index (χ1) is 9.79. The zero-order valence-corrected chi connectivity index (χ0v) is 11.7. The number of hydrogen-bond donors (Lipinski definition) is 2. The number of benzene rings is 1. The Morgan fingerprint density at radius 1 is 1.43 bits per heavy atom. The number of carbonyl (C=O) groups is 1. The Hall–Kier alpha value is -1.31. The highest BCUT2D eigenvalue weighted by Crippen LogP contribution is 2.33. The molecule has 0 unspecified atom stereocenters. The van der Waals surface area contributed by atoms with Crippen LogP contribution in [-0.2, 0) is 11.0 Å². The van der Waals surface area contributed by atoms with Gasteiger partial charge in [-0.2, -0.15) is 13.2 Å². The zero-order valence-electron chi connectivity index (χ0n) is 11.0. The number of halogens is 4. The van der Waals surface area contributed by atoms with Crippen LogP contribution in [0.25, 0.3) is 0 Å². The summed E-state index contributed by atoms with van der Waals surface area (Å²) in [4.78, 5) is 13.6. The third-order valence-electron chi connectivity index (χ3n) is 3.23. The van der Waals surface area contributed by atoms with Crippen LogP contribution >= 0.6 is 11.6 Å². The second-order valence-electron chi connectivity index (χ2n) is 4.98. The van der Waals surface area contributed by atoms with Crippen LogP contribution in [0.4, 0.5) is 18.9 Å². The molecule has 2 rings (SSSR count). The lowest BCUT2D eigenvalue weighted by molar-refractivity contribution is -0.137. The maximum atomic E-state index is 12.6. The fourth-order valence-electron chi connectivity index (χ4n) is 2.11. The predicted octanol–water partition coefficient (Wildman–Crippen LogP) is 2.22. The van der Waals surface area contributed by atoms with Crippen LogP contribution in [-0.4, -0.2) is 42.2 Å². The zero-order chi connectivity index (χ0) is 15.6. The van der Waals surface area contributed by atoms with Crippen molar-refractivity contribution in [2.45, 2.75) is 6.18 Å². The molecule has 116 valence electrons. The maximum Gasteiger partial charge on any atom is 0.416 e. The molecule has 1 saturated heterocycles. The van der Waals surface area contributed by atoms with E-state index >= 15 is 0 Å². The monoisotopic (exact) mass is 322 g/mol. The molecule has 1 amide bonds. The molecule has 0 radical (unpaired) electrons. The van der Waals surface area contributed by atoms with E-state index in [0.717, 1.165) is 18.2 Å². The van der Waals surface area contributed by atoms with E-state index in [1.54, 1.807) is 4.90 Å². The topological polar surface area (TPSA) is 52.6 Å². The molecule has 1 aliphatic rings. The molecule has 2 N–H and O–H groups in total. The Kier molecular flexibility index (Phi) is 4.75. The first kappa shape index (κ1) is 16.1. The Balaban J connectivity index is 1.97. The molecule has 0 bridgehead atoms. The van der Waals surface area contributed by atoms with Gasteiger partial charge in [-0.3, -0.25) is 9.69 Å². The molecule has 1 aromatic carbocycles. The van der Waals surface area contributed by atoms with E-state index in [1.807, 2.05) is 0 Å². The maximum absolute atomic E-state index is 12.6. The van der Waals surface area contributed by atoms with Gasteiger partial charge < -0.3 is 10.4 Å². The molecule has 4 nitrogen and oxygen atoms in total. The Labute approximate surface area is 124 Å². The van der Waals surface area contributed by atoms with Crippen LogP contribution in [0.5, 0.6) is 0 Å². The van der Waals surface area contributed by atoms with Crippen LogP contribution in [0.15, 0.2) is 18.2 Å². The Morgan fingerprint density at radius 3 is 2.67 bits per heavy atom. The lowest BCUT2D eigenvalue weighted by atomic mass is 10.0. The molecule has 1 heterocycles. The number of amides is 1. The number of carbonyl (C=O) groups excluding carboxylic acids is 1. The highest BCUT2D eigenvalue weighted by molar-refractivity contribution is 6.33. The second kappa shape index (κ2) is 6.21. The molecule has 1 fully saturated rings. The summed E-state index contributed by atoms with van der Waals surface area (Å²) < 4.78 is 37.8. The van der Waals surface area contributed by atoms with Gasteiger partial charge in [-0.15, -0.1) is 0 Å². The molecule has 0 aromatic heterocycles. The van der Waals surface area contributed by atoms with E-state index in [9.17, 15) is 18.0 Å². The van der Waals surface area contributed by atoms with Gasteiger partial charge in [-0.05, 0) is 18.2 Å². The molecular weight excluding hydrogens is 309 g/mol. The summed E-state index contributed by atoms with van der Waals surface area (Å²) in [6, 6.07) is 2.78. The van der Waals surface area contributed by atoms with Gasteiger partial charge in [0.05, 0.1) is 22.8 Å². The fourth-order valence-corrected chi connectivity index (χ4v) is 2.28. The normalized spacial score (nSPS) is 16.6. The van der Waals surface area contributed by atoms with E-state index in [4.69, 9.17) is 16.7 Å². The lowest BCUT2D eigenvalue weighted by Crippen LogP contribution is -2.51. The van der Waals surface area contributed by atoms with Crippen LogP contribution in [0, 0.1) is 5.92 Å². The standard InChI is InChI=1S/C13H14ClF3N2O2/c14-10-2-1-9(13(15,16)17)3-11(10)18-12(21)6-19-4-8(5-19)7-20/h1-3,8,20H,4-7H2,(H,18,21). The van der Waals surface area contributed by atoms with Crippen LogP contribution in [0.3, 0.4) is 0 Å². The van der Waals surface area contributed by atoms with Gasteiger partial charge in [0.1, 0.15) is 0 Å². The molecule has 0 aliphatic carbocycles. The first-order valence-electron chi connectivity index (χ1n) is 6.29. The first-order valence-corrected chi connectivity index (χ1v) is 6.67. The summed E-state index contributed by atoms with van der Waals surface area (Å²) in [7, 11) is 0. The number of aliphatic hydroxyl groups is 1. The third kappa shape index (κ3) is 4.09. The van der Waals surface area contributed by atoms with Gasteiger partial charge in [0, 0.05) is 25.6 Å². The van der Waals surface area contributed by atoms with E-state index < -0.39 is 17.6 Å². The van der Waals surface area contributed by atoms with Crippen LogP contribution in [0.2, 0.25) is 5.02 Å². The SMILES string of the molecule is O=C(CN1CC(CO)C1)Nc1cc(C(F)(F)F)ccc1Cl. The smallest absolute Gasteiger partial charge is 0.396 e. The second-order valence-corrected chi connectivity index (χ2v) is 5.39. The number of hydrogen-bond acceptors (Lipinski definition) is 3. The molecule has 0 spiro atoms. The van der Waals surface area contributed by atoms with Crippen molar-refractivity contribution in [1.29, 1.82) is 0 Å². The number of alkyl halides is 3. The van der Waals surface area contributed by atoms with Crippen molar-refractivity contribution in [3.8, 4) is 0 Å². The number of likely N-dealkylation sites (tertiary alicyclic amines) is 1. The average Bonchev–Trinajstić information content (AvgIpc) is 2.34. The summed E-state index contributed by atoms with van der Waals surface area (Å²) in [5.41, 5.74) is -0.929. The lowest BCUT2D eigenvalue weighted by Gasteiger charge is -2.37. The molecule has 8 heteroatoms. The summed E-state index contributed by atoms with van der Waals surface area (Å²) >= 11 is 5.79. The molecule has 1 aromatic rings. The van der Waals surface area contributed by atoms with Gasteiger partial charge in [0.25, 0.3) is 0 Å². The number of aliphatic hydroxyl groups excluding tert-OH is 1. The van der Waals surface area contributed by atoms with E-state index in [1.165, 1.54) is 0 Å². The van der Waals surface area contributed by atoms with Crippen molar-refractivity contribution in [3.63, 3.8) is 0 Å². The minimum Gasteiger partial charge on any atom is -0.396 e. The van der Waals surface area contributed by atoms with Crippen molar-refractivity contribution in [2.75, 3.05) is 31.6 Å². The van der Waals surface area contributed by atoms with E-state index in [2.05, 4.69) is 5.32 Å². The number of nitrogens with one attached hydrogen (secondary N) is 1. The van der Waals surface area contributed by atoms with E-state index in [0.29, 0.717) is 13.1 Å². The molecular formula is C13H14ClF3N2O2. The van der Waals surface area contributed by atoms with Crippen molar-refractivity contribution in [3.05, 3.63) is 28.8 Å². The van der Waals surface area contributed by atoms with Crippen LogP contribution < -0.4 is 5.32 Å². The molecule has 0 saturated carbocycles. The number of nitrogens with zero attached hydrogens (tertiary/aromatic N) is 1. The minimum absolute atomic E-state index is 0.0493. The minimum atomic E-state index is -4.49. The molecule has 0 atom stereocenters. The Bertz CT molecular complexity index is 531. The fraction of sp³-hybridized carbons (Fsp3) is 0.462. The quantitative estimate of drug-likeness (QED) is 0.894. The molecule has 21 heavy (non-hydrogen) atoms. The summed E-state index contributed by atoms with van der Waals surface area (Å²) in [6.07, 6.45) is -4.49. The number of anilines is 1. The van der Waals surface area contributed by atoms with Crippen molar-refractivity contribution >= 4 is 23.2 Å². The highest BCUT2D eigenvalue weighted by atomic mass is 35.5. The van der Waals surface area contributed by atoms with Crippen molar-refractivity contribution < 1.29 is 23.1 Å². The highest BCUT2D eigenvalue weighted by Gasteiger charge is 2.31. The summed E-state index contributed by atoms with van der Waals surface area (Å²) in [5.74, 6) is -0.275. The van der Waals surface area contributed by atoms with Gasteiger partial charge in [-0.25, -0.2) is 0 Å². The Morgan fingerprint density at radius 2 is 2.10 bits per heavy atom.